The minimum atomic E-state index is -1.25. The van der Waals surface area contributed by atoms with Crippen LogP contribution in [0.25, 0.3) is 0 Å². The average molecular weight is 257 g/mol. The van der Waals surface area contributed by atoms with E-state index < -0.39 is 22.8 Å². The van der Waals surface area contributed by atoms with Crippen LogP contribution in [-0.2, 0) is 9.59 Å². The Balaban J connectivity index is 4.05. The highest BCUT2D eigenvalue weighted by Crippen LogP contribution is 2.05. The van der Waals surface area contributed by atoms with E-state index in [1.54, 1.807) is 0 Å². The second-order valence-electron chi connectivity index (χ2n) is 2.98. The smallest absolute Gasteiger partial charge is 0.326 e. The van der Waals surface area contributed by atoms with E-state index in [1.165, 1.54) is 0 Å². The number of hydrogen-bond acceptors (Lipinski definition) is 3. The quantitative estimate of drug-likeness (QED) is 0.457. The fourth-order valence-electron chi connectivity index (χ4n) is 0.985. The highest BCUT2D eigenvalue weighted by atomic mass is 35.5. The molecular formula is C8H14Cl2N2O3. The zero-order valence-electron chi connectivity index (χ0n) is 8.08. The first-order chi connectivity index (χ1) is 6.99. The summed E-state index contributed by atoms with van der Waals surface area (Å²) in [6.07, 6.45) is 1.66. The summed E-state index contributed by atoms with van der Waals surface area (Å²) in [4.78, 5) is 20.5. The molecule has 0 bridgehead atoms. The first kappa shape index (κ1) is 14.5. The Kier molecular flexibility index (Phi) is 7.46. The van der Waals surface area contributed by atoms with Crippen molar-refractivity contribution in [2.75, 3.05) is 6.54 Å². The van der Waals surface area contributed by atoms with E-state index in [0.717, 1.165) is 0 Å². The van der Waals surface area contributed by atoms with Crippen LogP contribution in [0.4, 0.5) is 0 Å². The minimum Gasteiger partial charge on any atom is -0.480 e. The fourth-order valence-corrected chi connectivity index (χ4v) is 1.11. The number of carbonyl (C=O) groups excluding carboxylic acids is 1. The van der Waals surface area contributed by atoms with Gasteiger partial charge in [0.1, 0.15) is 6.04 Å². The third-order valence-electron chi connectivity index (χ3n) is 1.76. The highest BCUT2D eigenvalue weighted by Gasteiger charge is 2.22. The molecule has 0 saturated heterocycles. The van der Waals surface area contributed by atoms with E-state index >= 15 is 0 Å². The lowest BCUT2D eigenvalue weighted by Gasteiger charge is -2.14. The van der Waals surface area contributed by atoms with E-state index in [9.17, 15) is 9.59 Å². The normalized spacial score (nSPS) is 12.5. The van der Waals surface area contributed by atoms with Crippen molar-refractivity contribution in [3.8, 4) is 0 Å². The number of carboxylic acid groups (broad SMARTS) is 1. The van der Waals surface area contributed by atoms with Crippen molar-refractivity contribution in [1.29, 1.82) is 0 Å². The molecule has 0 aliphatic carbocycles. The van der Waals surface area contributed by atoms with Gasteiger partial charge in [-0.1, -0.05) is 23.2 Å². The Bertz CT molecular complexity index is 224. The number of alkyl halides is 2. The lowest BCUT2D eigenvalue weighted by atomic mass is 10.1. The van der Waals surface area contributed by atoms with Gasteiger partial charge >= 0.3 is 5.97 Å². The Morgan fingerprint density at radius 3 is 2.33 bits per heavy atom. The summed E-state index contributed by atoms with van der Waals surface area (Å²) < 4.78 is 0. The molecule has 0 aromatic rings. The molecule has 0 saturated carbocycles. The van der Waals surface area contributed by atoms with Gasteiger partial charge in [0, 0.05) is 0 Å². The first-order valence-electron chi connectivity index (χ1n) is 4.50. The number of unbranched alkanes of at least 4 members (excludes halogenated alkanes) is 1. The number of hydrogen-bond donors (Lipinski definition) is 3. The zero-order valence-corrected chi connectivity index (χ0v) is 9.59. The van der Waals surface area contributed by atoms with Crippen LogP contribution in [0.15, 0.2) is 0 Å². The van der Waals surface area contributed by atoms with Crippen molar-refractivity contribution in [3.05, 3.63) is 0 Å². The van der Waals surface area contributed by atoms with Crippen LogP contribution in [0.1, 0.15) is 19.3 Å². The van der Waals surface area contributed by atoms with Crippen LogP contribution in [-0.4, -0.2) is 34.4 Å². The van der Waals surface area contributed by atoms with Gasteiger partial charge in [-0.2, -0.15) is 0 Å². The lowest BCUT2D eigenvalue weighted by Crippen LogP contribution is -2.43. The summed E-state index contributed by atoms with van der Waals surface area (Å²) in [5.41, 5.74) is 5.26. The summed E-state index contributed by atoms with van der Waals surface area (Å²) in [5.74, 6) is -1.80. The van der Waals surface area contributed by atoms with Gasteiger partial charge in [-0.15, -0.1) is 0 Å². The minimum absolute atomic E-state index is 0.318. The molecular weight excluding hydrogens is 243 g/mol. The van der Waals surface area contributed by atoms with Gasteiger partial charge in [0.05, 0.1) is 0 Å². The standard InChI is InChI=1S/C8H14Cl2N2O3/c9-6(10)7(13)12-5(8(14)15)3-1-2-4-11/h5-6H,1-4,11H2,(H,12,13)(H,14,15). The SMILES string of the molecule is NCCCCC(NC(=O)C(Cl)Cl)C(=O)O. The van der Waals surface area contributed by atoms with Gasteiger partial charge in [-0.3, -0.25) is 4.79 Å². The number of carbonyl (C=O) groups is 2. The molecule has 7 heteroatoms. The van der Waals surface area contributed by atoms with Crippen LogP contribution in [0, 0.1) is 0 Å². The molecule has 15 heavy (non-hydrogen) atoms. The van der Waals surface area contributed by atoms with Gasteiger partial charge in [0.2, 0.25) is 0 Å². The second kappa shape index (κ2) is 7.73. The molecule has 5 nitrogen and oxygen atoms in total. The Morgan fingerprint density at radius 2 is 1.93 bits per heavy atom. The molecule has 0 aromatic carbocycles. The molecule has 0 rings (SSSR count). The van der Waals surface area contributed by atoms with Crippen molar-refractivity contribution in [1.82, 2.24) is 5.32 Å². The van der Waals surface area contributed by atoms with Crippen molar-refractivity contribution >= 4 is 35.1 Å². The van der Waals surface area contributed by atoms with Crippen LogP contribution in [0.2, 0.25) is 0 Å². The molecule has 1 amide bonds. The molecule has 88 valence electrons. The largest absolute Gasteiger partial charge is 0.480 e. The molecule has 0 aromatic heterocycles. The van der Waals surface area contributed by atoms with Crippen molar-refractivity contribution < 1.29 is 14.7 Å². The third-order valence-corrected chi connectivity index (χ3v) is 2.16. The van der Waals surface area contributed by atoms with Crippen molar-refractivity contribution in [2.45, 2.75) is 30.1 Å². The van der Waals surface area contributed by atoms with E-state index in [0.29, 0.717) is 25.8 Å². The summed E-state index contributed by atoms with van der Waals surface area (Å²) >= 11 is 10.6. The second-order valence-corrected chi connectivity index (χ2v) is 4.08. The Hall–Kier alpha value is -0.520. The summed E-state index contributed by atoms with van der Waals surface area (Å²) in [5, 5.41) is 11.0. The number of aliphatic carboxylic acids is 1. The third kappa shape index (κ3) is 6.54. The molecule has 1 unspecified atom stereocenters. The van der Waals surface area contributed by atoms with Crippen molar-refractivity contribution in [3.63, 3.8) is 0 Å². The van der Waals surface area contributed by atoms with Crippen LogP contribution < -0.4 is 11.1 Å². The summed E-state index contributed by atoms with van der Waals surface area (Å²) in [6.45, 7) is 0.494. The molecule has 0 aliphatic rings. The van der Waals surface area contributed by atoms with E-state index in [1.807, 2.05) is 0 Å². The molecule has 0 spiro atoms. The van der Waals surface area contributed by atoms with Gasteiger partial charge in [-0.25, -0.2) is 4.79 Å². The average Bonchev–Trinajstić information content (AvgIpc) is 2.15. The van der Waals surface area contributed by atoms with Gasteiger partial charge < -0.3 is 16.2 Å². The number of rotatable bonds is 7. The van der Waals surface area contributed by atoms with Crippen LogP contribution >= 0.6 is 23.2 Å². The predicted molar refractivity (Wildman–Crippen MR) is 58.0 cm³/mol. The maximum atomic E-state index is 11.0. The van der Waals surface area contributed by atoms with Crippen LogP contribution in [0.5, 0.6) is 0 Å². The van der Waals surface area contributed by atoms with Crippen molar-refractivity contribution in [2.24, 2.45) is 5.73 Å². The number of amides is 1. The fraction of sp³-hybridized carbons (Fsp3) is 0.750. The van der Waals surface area contributed by atoms with E-state index in [2.05, 4.69) is 5.32 Å². The van der Waals surface area contributed by atoms with Gasteiger partial charge in [0.15, 0.2) is 4.84 Å². The predicted octanol–water partition coefficient (Wildman–Crippen LogP) is 0.489. The molecule has 1 atom stereocenters. The number of nitrogens with one attached hydrogen (secondary N) is 1. The van der Waals surface area contributed by atoms with Crippen LogP contribution in [0.3, 0.4) is 0 Å². The van der Waals surface area contributed by atoms with Gasteiger partial charge in [-0.05, 0) is 25.8 Å². The van der Waals surface area contributed by atoms with E-state index in [4.69, 9.17) is 34.0 Å². The first-order valence-corrected chi connectivity index (χ1v) is 5.37. The molecule has 4 N–H and O–H groups in total. The van der Waals surface area contributed by atoms with E-state index in [-0.39, 0.29) is 0 Å². The zero-order chi connectivity index (χ0) is 11.8. The monoisotopic (exact) mass is 256 g/mol. The lowest BCUT2D eigenvalue weighted by molar-refractivity contribution is -0.141. The summed E-state index contributed by atoms with van der Waals surface area (Å²) in [6, 6.07) is -0.955. The molecule has 0 fully saturated rings. The Morgan fingerprint density at radius 1 is 1.33 bits per heavy atom. The Labute approximate surface area is 97.9 Å². The summed E-state index contributed by atoms with van der Waals surface area (Å²) in [7, 11) is 0. The maximum Gasteiger partial charge on any atom is 0.326 e. The maximum absolute atomic E-state index is 11.0. The number of halogens is 2. The number of nitrogens with two attached hydrogens (primary N) is 1. The molecule has 0 heterocycles. The van der Waals surface area contributed by atoms with Gasteiger partial charge in [0.25, 0.3) is 5.91 Å². The highest BCUT2D eigenvalue weighted by molar-refractivity contribution is 6.53. The topological polar surface area (TPSA) is 92.4 Å². The molecule has 0 radical (unpaired) electrons. The number of carboxylic acids is 1. The molecule has 0 aliphatic heterocycles.